The molecule has 2 aliphatic carbocycles. The summed E-state index contributed by atoms with van der Waals surface area (Å²) in [5, 5.41) is 8.02. The first kappa shape index (κ1) is 12.2. The van der Waals surface area contributed by atoms with Crippen LogP contribution in [0.15, 0.2) is 12.3 Å². The molecule has 1 aromatic heterocycles. The van der Waals surface area contributed by atoms with Crippen LogP contribution in [0.4, 0.5) is 0 Å². The molecule has 100 valence electrons. The lowest BCUT2D eigenvalue weighted by Crippen LogP contribution is -2.44. The van der Waals surface area contributed by atoms with Crippen LogP contribution in [-0.2, 0) is 13.6 Å². The van der Waals surface area contributed by atoms with Crippen LogP contribution in [0, 0.1) is 16.7 Å². The molecule has 3 nitrogen and oxygen atoms in total. The van der Waals surface area contributed by atoms with E-state index in [-0.39, 0.29) is 0 Å². The van der Waals surface area contributed by atoms with Gasteiger partial charge in [0.15, 0.2) is 0 Å². The van der Waals surface area contributed by atoms with Crippen molar-refractivity contribution in [3.63, 3.8) is 0 Å². The van der Waals surface area contributed by atoms with Crippen LogP contribution in [0.5, 0.6) is 0 Å². The van der Waals surface area contributed by atoms with Crippen molar-refractivity contribution in [2.75, 3.05) is 0 Å². The van der Waals surface area contributed by atoms with E-state index in [4.69, 9.17) is 0 Å². The summed E-state index contributed by atoms with van der Waals surface area (Å²) in [6.07, 6.45) is 6.03. The molecule has 3 rings (SSSR count). The smallest absolute Gasteiger partial charge is 0.0518 e. The van der Waals surface area contributed by atoms with Gasteiger partial charge in [-0.2, -0.15) is 5.10 Å². The Morgan fingerprint density at radius 2 is 2.22 bits per heavy atom. The van der Waals surface area contributed by atoms with Crippen LogP contribution < -0.4 is 5.32 Å². The van der Waals surface area contributed by atoms with Crippen molar-refractivity contribution in [1.82, 2.24) is 15.1 Å². The quantitative estimate of drug-likeness (QED) is 0.890. The average molecular weight is 247 g/mol. The number of nitrogens with zero attached hydrogens (tertiary/aromatic N) is 2. The Balaban J connectivity index is 1.71. The van der Waals surface area contributed by atoms with Gasteiger partial charge in [-0.15, -0.1) is 0 Å². The SMILES string of the molecule is Cn1nccc1CNC1CC2CC[C@@]1(C)C2(C)C. The molecule has 2 bridgehead atoms. The fourth-order valence-corrected chi connectivity index (χ4v) is 4.31. The molecule has 2 fully saturated rings. The highest BCUT2D eigenvalue weighted by atomic mass is 15.3. The van der Waals surface area contributed by atoms with Crippen LogP contribution in [-0.4, -0.2) is 15.8 Å². The fraction of sp³-hybridized carbons (Fsp3) is 0.800. The van der Waals surface area contributed by atoms with Gasteiger partial charge >= 0.3 is 0 Å². The summed E-state index contributed by atoms with van der Waals surface area (Å²) in [5.74, 6) is 0.909. The van der Waals surface area contributed by atoms with E-state index < -0.39 is 0 Å². The first-order chi connectivity index (χ1) is 8.45. The Morgan fingerprint density at radius 1 is 1.44 bits per heavy atom. The number of nitrogens with one attached hydrogen (secondary N) is 1. The summed E-state index contributed by atoms with van der Waals surface area (Å²) >= 11 is 0. The fourth-order valence-electron chi connectivity index (χ4n) is 4.31. The number of aromatic nitrogens is 2. The molecule has 0 saturated heterocycles. The maximum atomic E-state index is 4.23. The van der Waals surface area contributed by atoms with Gasteiger partial charge in [-0.25, -0.2) is 0 Å². The van der Waals surface area contributed by atoms with Gasteiger partial charge in [0.1, 0.15) is 0 Å². The second-order valence-corrected chi connectivity index (χ2v) is 6.99. The normalized spacial score (nSPS) is 37.3. The van der Waals surface area contributed by atoms with E-state index in [2.05, 4.69) is 37.3 Å². The molecular weight excluding hydrogens is 222 g/mol. The maximum absolute atomic E-state index is 4.23. The molecule has 2 aliphatic rings. The Bertz CT molecular complexity index is 448. The lowest BCUT2D eigenvalue weighted by atomic mass is 9.69. The van der Waals surface area contributed by atoms with E-state index in [1.165, 1.54) is 25.0 Å². The summed E-state index contributed by atoms with van der Waals surface area (Å²) in [7, 11) is 2.02. The number of hydrogen-bond acceptors (Lipinski definition) is 2. The number of aryl methyl sites for hydroxylation is 1. The third-order valence-electron chi connectivity index (χ3n) is 6.25. The van der Waals surface area contributed by atoms with Crippen LogP contribution in [0.2, 0.25) is 0 Å². The minimum absolute atomic E-state index is 0.469. The molecule has 2 unspecified atom stereocenters. The number of fused-ring (bicyclic) bond motifs is 2. The van der Waals surface area contributed by atoms with Gasteiger partial charge in [0.25, 0.3) is 0 Å². The standard InChI is InChI=1S/C15H25N3/c1-14(2)11-5-7-15(14,3)13(9-11)16-10-12-6-8-17-18(12)4/h6,8,11,13,16H,5,7,9-10H2,1-4H3/t11?,13?,15-/m1/s1. The largest absolute Gasteiger partial charge is 0.308 e. The van der Waals surface area contributed by atoms with Crippen molar-refractivity contribution < 1.29 is 0 Å². The molecule has 3 heteroatoms. The minimum Gasteiger partial charge on any atom is -0.308 e. The highest BCUT2D eigenvalue weighted by Gasteiger charge is 2.60. The van der Waals surface area contributed by atoms with Gasteiger partial charge in [0, 0.05) is 25.8 Å². The molecular formula is C15H25N3. The van der Waals surface area contributed by atoms with E-state index in [1.54, 1.807) is 0 Å². The van der Waals surface area contributed by atoms with Crippen molar-refractivity contribution in [2.45, 2.75) is 52.6 Å². The third-order valence-corrected chi connectivity index (χ3v) is 6.25. The first-order valence-corrected chi connectivity index (χ1v) is 7.15. The van der Waals surface area contributed by atoms with Gasteiger partial charge in [0.05, 0.1) is 5.69 Å². The van der Waals surface area contributed by atoms with Crippen molar-refractivity contribution in [3.8, 4) is 0 Å². The predicted octanol–water partition coefficient (Wildman–Crippen LogP) is 2.72. The maximum Gasteiger partial charge on any atom is 0.0518 e. The predicted molar refractivity (Wildman–Crippen MR) is 73.1 cm³/mol. The first-order valence-electron chi connectivity index (χ1n) is 7.15. The lowest BCUT2D eigenvalue weighted by molar-refractivity contribution is 0.120. The van der Waals surface area contributed by atoms with Crippen LogP contribution in [0.3, 0.4) is 0 Å². The highest BCUT2D eigenvalue weighted by Crippen LogP contribution is 2.65. The highest BCUT2D eigenvalue weighted by molar-refractivity contribution is 5.13. The molecule has 0 spiro atoms. The topological polar surface area (TPSA) is 29.9 Å². The Labute approximate surface area is 110 Å². The molecule has 18 heavy (non-hydrogen) atoms. The molecule has 0 amide bonds. The van der Waals surface area contributed by atoms with Gasteiger partial charge in [-0.3, -0.25) is 4.68 Å². The van der Waals surface area contributed by atoms with Crippen molar-refractivity contribution >= 4 is 0 Å². The van der Waals surface area contributed by atoms with Crippen LogP contribution in [0.1, 0.15) is 45.7 Å². The van der Waals surface area contributed by atoms with Gasteiger partial charge < -0.3 is 5.32 Å². The molecule has 1 heterocycles. The van der Waals surface area contributed by atoms with E-state index in [9.17, 15) is 0 Å². The summed E-state index contributed by atoms with van der Waals surface area (Å²) in [5.41, 5.74) is 2.24. The van der Waals surface area contributed by atoms with Gasteiger partial charge in [0.2, 0.25) is 0 Å². The monoisotopic (exact) mass is 247 g/mol. The summed E-state index contributed by atoms with van der Waals surface area (Å²) in [6.45, 7) is 8.37. The molecule has 0 radical (unpaired) electrons. The lowest BCUT2D eigenvalue weighted by Gasteiger charge is -2.39. The summed E-state index contributed by atoms with van der Waals surface area (Å²) < 4.78 is 1.97. The molecule has 1 aromatic rings. The zero-order valence-electron chi connectivity index (χ0n) is 12.0. The van der Waals surface area contributed by atoms with Gasteiger partial charge in [-0.05, 0) is 42.1 Å². The zero-order valence-corrected chi connectivity index (χ0v) is 12.0. The van der Waals surface area contributed by atoms with E-state index in [0.29, 0.717) is 16.9 Å². The van der Waals surface area contributed by atoms with Gasteiger partial charge in [-0.1, -0.05) is 20.8 Å². The summed E-state index contributed by atoms with van der Waals surface area (Å²) in [6, 6.07) is 2.77. The third kappa shape index (κ3) is 1.49. The Hall–Kier alpha value is -0.830. The average Bonchev–Trinajstić information content (AvgIpc) is 2.87. The van der Waals surface area contributed by atoms with Crippen LogP contribution in [0.25, 0.3) is 0 Å². The molecule has 0 aromatic carbocycles. The second-order valence-electron chi connectivity index (χ2n) is 6.99. The van der Waals surface area contributed by atoms with E-state index in [1.807, 2.05) is 17.9 Å². The van der Waals surface area contributed by atoms with Crippen molar-refractivity contribution in [3.05, 3.63) is 18.0 Å². The second kappa shape index (κ2) is 3.83. The zero-order chi connectivity index (χ0) is 13.0. The summed E-state index contributed by atoms with van der Waals surface area (Å²) in [4.78, 5) is 0. The molecule has 3 atom stereocenters. The van der Waals surface area contributed by atoms with E-state index in [0.717, 1.165) is 12.5 Å². The minimum atomic E-state index is 0.469. The molecule has 0 aliphatic heterocycles. The van der Waals surface area contributed by atoms with Crippen molar-refractivity contribution in [2.24, 2.45) is 23.8 Å². The van der Waals surface area contributed by atoms with Crippen LogP contribution >= 0.6 is 0 Å². The van der Waals surface area contributed by atoms with Crippen molar-refractivity contribution in [1.29, 1.82) is 0 Å². The Morgan fingerprint density at radius 3 is 2.72 bits per heavy atom. The molecule has 2 saturated carbocycles. The number of hydrogen-bond donors (Lipinski definition) is 1. The number of rotatable bonds is 3. The Kier molecular flexibility index (Phi) is 2.60. The van der Waals surface area contributed by atoms with E-state index >= 15 is 0 Å². The molecule has 1 N–H and O–H groups in total.